The second kappa shape index (κ2) is 6.30. The number of Topliss-reactive ketones (excluding diaryl/α,β-unsaturated/α-hetero) is 1. The Labute approximate surface area is 184 Å². The number of carbonyl (C=O) groups is 2. The molecule has 6 heteroatoms. The van der Waals surface area contributed by atoms with Crippen molar-refractivity contribution in [1.29, 1.82) is 0 Å². The lowest BCUT2D eigenvalue weighted by molar-refractivity contribution is -0.293. The molecule has 1 N–H and O–H groups in total. The van der Waals surface area contributed by atoms with E-state index >= 15 is 0 Å². The summed E-state index contributed by atoms with van der Waals surface area (Å²) >= 11 is 0. The zero-order valence-corrected chi connectivity index (χ0v) is 19.4. The summed E-state index contributed by atoms with van der Waals surface area (Å²) in [6.07, 6.45) is 5.57. The SMILES string of the molecule is CC(C)=CC1O[C@@]2(C)CC[C@]3(OC(=O)C=C3C)O[C@]13[C@H]2C(=O)[C@@]1(O)[C@@H](C)CC[C@H]1[C@@H]3C. The number of hydrogen-bond acceptors (Lipinski definition) is 6. The molecule has 0 aromatic heterocycles. The summed E-state index contributed by atoms with van der Waals surface area (Å²) in [6, 6.07) is 0. The van der Waals surface area contributed by atoms with Gasteiger partial charge in [-0.25, -0.2) is 4.79 Å². The highest BCUT2D eigenvalue weighted by Gasteiger charge is 2.79. The number of ketones is 1. The molecule has 3 aliphatic heterocycles. The minimum absolute atomic E-state index is 0.0992. The Hall–Kier alpha value is -1.50. The smallest absolute Gasteiger partial charge is 0.333 e. The minimum atomic E-state index is -1.36. The maximum absolute atomic E-state index is 14.2. The van der Waals surface area contributed by atoms with Crippen LogP contribution in [0.1, 0.15) is 67.2 Å². The van der Waals surface area contributed by atoms with Gasteiger partial charge < -0.3 is 19.3 Å². The lowest BCUT2D eigenvalue weighted by Crippen LogP contribution is -2.70. The van der Waals surface area contributed by atoms with Gasteiger partial charge in [0.25, 0.3) is 0 Å². The Balaban J connectivity index is 1.75. The summed E-state index contributed by atoms with van der Waals surface area (Å²) in [7, 11) is 0. The maximum Gasteiger partial charge on any atom is 0.333 e. The molecule has 2 aliphatic carbocycles. The molecular formula is C25H34O6. The van der Waals surface area contributed by atoms with Crippen LogP contribution in [0.5, 0.6) is 0 Å². The number of aliphatic hydroxyl groups is 1. The van der Waals surface area contributed by atoms with Gasteiger partial charge in [0.15, 0.2) is 5.78 Å². The van der Waals surface area contributed by atoms with Crippen LogP contribution in [-0.4, -0.2) is 45.6 Å². The van der Waals surface area contributed by atoms with Crippen molar-refractivity contribution in [2.45, 2.75) is 95.9 Å². The molecule has 5 rings (SSSR count). The zero-order chi connectivity index (χ0) is 22.6. The van der Waals surface area contributed by atoms with Crippen molar-refractivity contribution < 1.29 is 28.9 Å². The van der Waals surface area contributed by atoms with Gasteiger partial charge in [0.1, 0.15) is 17.3 Å². The van der Waals surface area contributed by atoms with Crippen LogP contribution in [0, 0.1) is 23.7 Å². The van der Waals surface area contributed by atoms with E-state index in [2.05, 4.69) is 6.92 Å². The molecule has 4 fully saturated rings. The molecule has 31 heavy (non-hydrogen) atoms. The Morgan fingerprint density at radius 3 is 2.52 bits per heavy atom. The molecule has 0 amide bonds. The molecule has 1 unspecified atom stereocenters. The van der Waals surface area contributed by atoms with Gasteiger partial charge in [-0.1, -0.05) is 25.5 Å². The summed E-state index contributed by atoms with van der Waals surface area (Å²) in [5.41, 5.74) is -1.39. The van der Waals surface area contributed by atoms with E-state index < -0.39 is 40.6 Å². The zero-order valence-electron chi connectivity index (χ0n) is 19.4. The van der Waals surface area contributed by atoms with Gasteiger partial charge in [0, 0.05) is 24.0 Å². The molecular weight excluding hydrogens is 396 g/mol. The Morgan fingerprint density at radius 2 is 1.90 bits per heavy atom. The first-order valence-corrected chi connectivity index (χ1v) is 11.6. The summed E-state index contributed by atoms with van der Waals surface area (Å²) in [6.45, 7) is 11.9. The van der Waals surface area contributed by atoms with Gasteiger partial charge >= 0.3 is 5.97 Å². The van der Waals surface area contributed by atoms with Crippen molar-refractivity contribution >= 4 is 11.8 Å². The van der Waals surface area contributed by atoms with E-state index in [0.29, 0.717) is 12.8 Å². The van der Waals surface area contributed by atoms with Crippen LogP contribution in [0.2, 0.25) is 0 Å². The van der Waals surface area contributed by atoms with Crippen LogP contribution >= 0.6 is 0 Å². The van der Waals surface area contributed by atoms with Crippen LogP contribution in [0.3, 0.4) is 0 Å². The molecule has 2 bridgehead atoms. The van der Waals surface area contributed by atoms with E-state index in [1.54, 1.807) is 0 Å². The van der Waals surface area contributed by atoms with E-state index in [1.807, 2.05) is 40.7 Å². The molecule has 5 aliphatic rings. The van der Waals surface area contributed by atoms with Crippen LogP contribution in [-0.2, 0) is 23.8 Å². The van der Waals surface area contributed by atoms with Gasteiger partial charge in [-0.05, 0) is 58.8 Å². The summed E-state index contributed by atoms with van der Waals surface area (Å²) in [4.78, 5) is 26.4. The molecule has 170 valence electrons. The lowest BCUT2D eigenvalue weighted by Gasteiger charge is -2.55. The molecule has 3 heterocycles. The highest BCUT2D eigenvalue weighted by atomic mass is 16.7. The largest absolute Gasteiger partial charge is 0.426 e. The van der Waals surface area contributed by atoms with Crippen LogP contribution in [0.4, 0.5) is 0 Å². The van der Waals surface area contributed by atoms with E-state index in [1.165, 1.54) is 6.08 Å². The van der Waals surface area contributed by atoms with Crippen molar-refractivity contribution in [1.82, 2.24) is 0 Å². The Morgan fingerprint density at radius 1 is 1.19 bits per heavy atom. The lowest BCUT2D eigenvalue weighted by atomic mass is 9.53. The van der Waals surface area contributed by atoms with E-state index in [-0.39, 0.29) is 23.5 Å². The van der Waals surface area contributed by atoms with Crippen LogP contribution in [0.25, 0.3) is 0 Å². The van der Waals surface area contributed by atoms with Gasteiger partial charge in [-0.3, -0.25) is 4.79 Å². The first-order chi connectivity index (χ1) is 14.4. The first-order valence-electron chi connectivity index (χ1n) is 11.6. The molecule has 9 atom stereocenters. The third-order valence-corrected chi connectivity index (χ3v) is 9.08. The third kappa shape index (κ3) is 2.44. The molecule has 0 radical (unpaired) electrons. The predicted molar refractivity (Wildman–Crippen MR) is 113 cm³/mol. The minimum Gasteiger partial charge on any atom is -0.426 e. The predicted octanol–water partition coefficient (Wildman–Crippen LogP) is 3.47. The number of esters is 1. The number of hydrogen-bond donors (Lipinski definition) is 1. The average Bonchev–Trinajstić information content (AvgIpc) is 3.18. The quantitative estimate of drug-likeness (QED) is 0.507. The monoisotopic (exact) mass is 430 g/mol. The highest BCUT2D eigenvalue weighted by Crippen LogP contribution is 2.66. The van der Waals surface area contributed by atoms with Crippen molar-refractivity contribution in [2.24, 2.45) is 23.7 Å². The first kappa shape index (κ1) is 21.4. The van der Waals surface area contributed by atoms with Gasteiger partial charge in [0.2, 0.25) is 5.79 Å². The summed E-state index contributed by atoms with van der Waals surface area (Å²) in [5, 5.41) is 11.8. The topological polar surface area (TPSA) is 82.1 Å². The van der Waals surface area contributed by atoms with Gasteiger partial charge in [-0.15, -0.1) is 0 Å². The number of carbonyl (C=O) groups excluding carboxylic acids is 2. The number of rotatable bonds is 1. The second-order valence-electron chi connectivity index (χ2n) is 11.0. The molecule has 0 aromatic carbocycles. The fourth-order valence-electron chi connectivity index (χ4n) is 7.47. The second-order valence-corrected chi connectivity index (χ2v) is 11.0. The molecule has 0 aromatic rings. The fraction of sp³-hybridized carbons (Fsp3) is 0.760. The summed E-state index contributed by atoms with van der Waals surface area (Å²) < 4.78 is 19.4. The fourth-order valence-corrected chi connectivity index (χ4v) is 7.47. The van der Waals surface area contributed by atoms with Crippen LogP contribution in [0.15, 0.2) is 23.3 Å². The normalized spacial score (nSPS) is 53.0. The molecule has 6 nitrogen and oxygen atoms in total. The van der Waals surface area contributed by atoms with E-state index in [9.17, 15) is 14.7 Å². The van der Waals surface area contributed by atoms with Crippen molar-refractivity contribution in [3.05, 3.63) is 23.3 Å². The third-order valence-electron chi connectivity index (χ3n) is 9.08. The molecule has 2 saturated carbocycles. The van der Waals surface area contributed by atoms with Crippen molar-refractivity contribution in [2.75, 3.05) is 0 Å². The number of ether oxygens (including phenoxy) is 3. The van der Waals surface area contributed by atoms with Crippen molar-refractivity contribution in [3.8, 4) is 0 Å². The number of allylic oxidation sites excluding steroid dienone is 1. The summed E-state index contributed by atoms with van der Waals surface area (Å²) in [5.74, 6) is -2.86. The average molecular weight is 431 g/mol. The standard InChI is InChI=1S/C25H34O6/c1-13(2)11-18-25-16(5)17-8-7-14(3)24(17,28)21(27)20(25)22(6,29-18)9-10-23(31-25)15(4)12-19(26)30-23/h11-12,14,16-18,20,28H,7-10H2,1-6H3/t14-,16-,17-,18?,20-,22-,23-,24+,25-/m0/s1. The van der Waals surface area contributed by atoms with Gasteiger partial charge in [0.05, 0.1) is 11.5 Å². The van der Waals surface area contributed by atoms with Gasteiger partial charge in [-0.2, -0.15) is 0 Å². The molecule has 2 saturated heterocycles. The highest BCUT2D eigenvalue weighted by molar-refractivity contribution is 5.94. The Bertz CT molecular complexity index is 917. The Kier molecular flexibility index (Phi) is 4.34. The molecule has 1 spiro atoms. The van der Waals surface area contributed by atoms with E-state index in [0.717, 1.165) is 24.0 Å². The number of fused-ring (bicyclic) bond motifs is 1. The van der Waals surface area contributed by atoms with Crippen LogP contribution < -0.4 is 0 Å². The van der Waals surface area contributed by atoms with E-state index in [4.69, 9.17) is 14.2 Å². The maximum atomic E-state index is 14.2. The van der Waals surface area contributed by atoms with Crippen molar-refractivity contribution in [3.63, 3.8) is 0 Å².